The SMILES string of the molecule is C[C@]1(C(=O)OCC(=O)c2ccc(Br)s2)CC1(Cl)Cl. The highest BCUT2D eigenvalue weighted by Gasteiger charge is 2.69. The van der Waals surface area contributed by atoms with E-state index >= 15 is 0 Å². The highest BCUT2D eigenvalue weighted by atomic mass is 79.9. The average molecular weight is 372 g/mol. The molecule has 1 heterocycles. The highest BCUT2D eigenvalue weighted by molar-refractivity contribution is 9.11. The maximum Gasteiger partial charge on any atom is 0.315 e. The van der Waals surface area contributed by atoms with Crippen LogP contribution in [0, 0.1) is 5.41 Å². The van der Waals surface area contributed by atoms with E-state index in [2.05, 4.69) is 15.9 Å². The van der Waals surface area contributed by atoms with Crippen molar-refractivity contribution in [2.24, 2.45) is 5.41 Å². The molecule has 1 fully saturated rings. The molecule has 0 saturated heterocycles. The number of rotatable bonds is 4. The van der Waals surface area contributed by atoms with Crippen molar-refractivity contribution >= 4 is 62.2 Å². The Hall–Kier alpha value is -0.100. The van der Waals surface area contributed by atoms with Crippen LogP contribution in [0.2, 0.25) is 0 Å². The predicted octanol–water partition coefficient (Wildman–Crippen LogP) is 3.82. The van der Waals surface area contributed by atoms with Crippen LogP contribution in [-0.4, -0.2) is 22.7 Å². The van der Waals surface area contributed by atoms with E-state index < -0.39 is 15.7 Å². The summed E-state index contributed by atoms with van der Waals surface area (Å²) in [5.41, 5.74) is -0.896. The third-order valence-electron chi connectivity index (χ3n) is 2.89. The van der Waals surface area contributed by atoms with E-state index in [1.807, 2.05) is 0 Å². The third kappa shape index (κ3) is 2.59. The fraction of sp³-hybridized carbons (Fsp3) is 0.455. The van der Waals surface area contributed by atoms with Gasteiger partial charge in [0.25, 0.3) is 0 Å². The molecular formula is C11H9BrCl2O3S. The van der Waals surface area contributed by atoms with Crippen molar-refractivity contribution in [2.45, 2.75) is 17.7 Å². The first kappa shape index (κ1) is 14.3. The second-order valence-corrected chi connectivity index (χ2v) is 8.26. The Kier molecular flexibility index (Phi) is 3.80. The van der Waals surface area contributed by atoms with Crippen LogP contribution in [0.5, 0.6) is 0 Å². The highest BCUT2D eigenvalue weighted by Crippen LogP contribution is 2.64. The Labute approximate surface area is 127 Å². The van der Waals surface area contributed by atoms with E-state index in [0.29, 0.717) is 11.3 Å². The minimum absolute atomic E-state index is 0.238. The van der Waals surface area contributed by atoms with Crippen LogP contribution in [0.3, 0.4) is 0 Å². The van der Waals surface area contributed by atoms with Crippen LogP contribution in [-0.2, 0) is 9.53 Å². The molecule has 1 aromatic heterocycles. The van der Waals surface area contributed by atoms with Gasteiger partial charge in [-0.05, 0) is 35.0 Å². The number of thiophene rings is 1. The fourth-order valence-electron chi connectivity index (χ4n) is 1.45. The molecule has 7 heteroatoms. The summed E-state index contributed by atoms with van der Waals surface area (Å²) in [6, 6.07) is 3.45. The van der Waals surface area contributed by atoms with Crippen molar-refractivity contribution in [3.05, 3.63) is 20.8 Å². The molecule has 0 aliphatic heterocycles. The Morgan fingerprint density at radius 1 is 1.50 bits per heavy atom. The molecule has 0 amide bonds. The summed E-state index contributed by atoms with van der Waals surface area (Å²) in [5.74, 6) is -0.769. The number of hydrogen-bond acceptors (Lipinski definition) is 4. The number of ketones is 1. The molecular weight excluding hydrogens is 363 g/mol. The minimum atomic E-state index is -1.07. The van der Waals surface area contributed by atoms with Crippen molar-refractivity contribution < 1.29 is 14.3 Å². The normalized spacial score (nSPS) is 24.7. The lowest BCUT2D eigenvalue weighted by molar-refractivity contribution is -0.148. The molecule has 1 atom stereocenters. The molecule has 1 saturated carbocycles. The van der Waals surface area contributed by atoms with Crippen LogP contribution in [0.25, 0.3) is 0 Å². The Morgan fingerprint density at radius 2 is 2.11 bits per heavy atom. The predicted molar refractivity (Wildman–Crippen MR) is 74.5 cm³/mol. The maximum atomic E-state index is 11.7. The van der Waals surface area contributed by atoms with Crippen molar-refractivity contribution in [1.29, 1.82) is 0 Å². The molecule has 2 rings (SSSR count). The average Bonchev–Trinajstić information content (AvgIpc) is 2.63. The van der Waals surface area contributed by atoms with Crippen molar-refractivity contribution in [3.8, 4) is 0 Å². The quantitative estimate of drug-likeness (QED) is 0.459. The van der Waals surface area contributed by atoms with E-state index in [-0.39, 0.29) is 12.4 Å². The third-order valence-corrected chi connectivity index (χ3v) is 5.66. The Morgan fingerprint density at radius 3 is 2.56 bits per heavy atom. The standard InChI is InChI=1S/C11H9BrCl2O3S/c1-10(5-11(10,13)14)9(16)17-4-6(15)7-2-3-8(12)18-7/h2-3H,4-5H2,1H3/t10-/m1/s1. The lowest BCUT2D eigenvalue weighted by Crippen LogP contribution is -2.24. The van der Waals surface area contributed by atoms with Gasteiger partial charge in [-0.15, -0.1) is 34.5 Å². The van der Waals surface area contributed by atoms with Gasteiger partial charge in [0.1, 0.15) is 9.75 Å². The monoisotopic (exact) mass is 370 g/mol. The Balaban J connectivity index is 1.90. The molecule has 98 valence electrons. The summed E-state index contributed by atoms with van der Waals surface area (Å²) in [4.78, 5) is 24.0. The fourth-order valence-corrected chi connectivity index (χ4v) is 3.45. The molecule has 3 nitrogen and oxygen atoms in total. The van der Waals surface area contributed by atoms with Gasteiger partial charge < -0.3 is 4.74 Å². The second-order valence-electron chi connectivity index (χ2n) is 4.32. The zero-order valence-corrected chi connectivity index (χ0v) is 13.3. The number of halogens is 3. The molecule has 0 N–H and O–H groups in total. The summed E-state index contributed by atoms with van der Waals surface area (Å²) >= 11 is 16.3. The maximum absolute atomic E-state index is 11.7. The summed E-state index contributed by atoms with van der Waals surface area (Å²) in [6.45, 7) is 1.34. The minimum Gasteiger partial charge on any atom is -0.457 e. The number of alkyl halides is 2. The number of carbonyl (C=O) groups excluding carboxylic acids is 2. The van der Waals surface area contributed by atoms with Crippen molar-refractivity contribution in [1.82, 2.24) is 0 Å². The molecule has 1 aliphatic carbocycles. The Bertz CT molecular complexity index is 514. The second kappa shape index (κ2) is 4.78. The lowest BCUT2D eigenvalue weighted by atomic mass is 10.1. The van der Waals surface area contributed by atoms with Crippen LogP contribution in [0.1, 0.15) is 23.0 Å². The number of Topliss-reactive ketones (excluding diaryl/α,β-unsaturated/α-hetero) is 1. The molecule has 1 aromatic rings. The topological polar surface area (TPSA) is 43.4 Å². The van der Waals surface area contributed by atoms with E-state index in [1.54, 1.807) is 19.1 Å². The van der Waals surface area contributed by atoms with Gasteiger partial charge in [0.15, 0.2) is 6.61 Å². The summed E-state index contributed by atoms with van der Waals surface area (Å²) < 4.78 is 4.75. The lowest BCUT2D eigenvalue weighted by Gasteiger charge is -2.10. The van der Waals surface area contributed by atoms with Crippen LogP contribution in [0.4, 0.5) is 0 Å². The molecule has 0 unspecified atom stereocenters. The zero-order chi connectivity index (χ0) is 13.6. The molecule has 0 aromatic carbocycles. The van der Waals surface area contributed by atoms with Crippen molar-refractivity contribution in [3.63, 3.8) is 0 Å². The number of ether oxygens (including phenoxy) is 1. The number of carbonyl (C=O) groups is 2. The van der Waals surface area contributed by atoms with Gasteiger partial charge >= 0.3 is 5.97 Å². The van der Waals surface area contributed by atoms with Gasteiger partial charge in [-0.2, -0.15) is 0 Å². The van der Waals surface area contributed by atoms with Crippen LogP contribution < -0.4 is 0 Å². The molecule has 1 aliphatic rings. The largest absolute Gasteiger partial charge is 0.457 e. The smallest absolute Gasteiger partial charge is 0.315 e. The first-order chi connectivity index (χ1) is 8.26. The zero-order valence-electron chi connectivity index (χ0n) is 9.34. The van der Waals surface area contributed by atoms with E-state index in [0.717, 1.165) is 3.79 Å². The van der Waals surface area contributed by atoms with E-state index in [1.165, 1.54) is 11.3 Å². The summed E-state index contributed by atoms with van der Waals surface area (Å²) in [6.07, 6.45) is 0.348. The first-order valence-corrected chi connectivity index (χ1v) is 7.46. The molecule has 0 bridgehead atoms. The van der Waals surface area contributed by atoms with Gasteiger partial charge in [0.2, 0.25) is 5.78 Å². The molecule has 18 heavy (non-hydrogen) atoms. The van der Waals surface area contributed by atoms with Gasteiger partial charge in [-0.3, -0.25) is 9.59 Å². The van der Waals surface area contributed by atoms with Gasteiger partial charge in [-0.25, -0.2) is 0 Å². The summed E-state index contributed by atoms with van der Waals surface area (Å²) in [5, 5.41) is 0. The van der Waals surface area contributed by atoms with Gasteiger partial charge in [0, 0.05) is 6.42 Å². The van der Waals surface area contributed by atoms with E-state index in [4.69, 9.17) is 27.9 Å². The summed E-state index contributed by atoms with van der Waals surface area (Å²) in [7, 11) is 0. The first-order valence-electron chi connectivity index (χ1n) is 5.10. The number of esters is 1. The molecule has 0 radical (unpaired) electrons. The van der Waals surface area contributed by atoms with Crippen LogP contribution >= 0.6 is 50.5 Å². The van der Waals surface area contributed by atoms with Crippen LogP contribution in [0.15, 0.2) is 15.9 Å². The number of hydrogen-bond donors (Lipinski definition) is 0. The van der Waals surface area contributed by atoms with E-state index in [9.17, 15) is 9.59 Å². The van der Waals surface area contributed by atoms with Gasteiger partial charge in [-0.1, -0.05) is 0 Å². The molecule has 0 spiro atoms. The van der Waals surface area contributed by atoms with Crippen molar-refractivity contribution in [2.75, 3.05) is 6.61 Å². The van der Waals surface area contributed by atoms with Gasteiger partial charge in [0.05, 0.1) is 8.66 Å².